The van der Waals surface area contributed by atoms with Gasteiger partial charge in [0, 0.05) is 0 Å². The van der Waals surface area contributed by atoms with E-state index in [1.54, 1.807) is 18.2 Å². The molecule has 0 aliphatic heterocycles. The van der Waals surface area contributed by atoms with Crippen LogP contribution in [0.5, 0.6) is 5.75 Å². The molecule has 1 rings (SSSR count). The molecule has 0 amide bonds. The smallest absolute Gasteiger partial charge is 0.137 e. The molecule has 0 unspecified atom stereocenters. The van der Waals surface area contributed by atoms with E-state index in [9.17, 15) is 0 Å². The summed E-state index contributed by atoms with van der Waals surface area (Å²) in [6.45, 7) is 0. The number of halogens is 1. The Hall–Kier alpha value is -1.66. The number of aliphatic hydroxyl groups excluding tert-OH is 1. The Labute approximate surface area is 86.8 Å². The van der Waals surface area contributed by atoms with Crippen molar-refractivity contribution in [2.24, 2.45) is 0 Å². The van der Waals surface area contributed by atoms with Crippen LogP contribution in [0, 0.1) is 11.3 Å². The number of nitriles is 1. The predicted octanol–water partition coefficient (Wildman–Crippen LogP) is 2.77. The lowest BCUT2D eigenvalue weighted by atomic mass is 10.1. The number of benzene rings is 1. The van der Waals surface area contributed by atoms with Crippen molar-refractivity contribution >= 4 is 17.2 Å². The fourth-order valence-electron chi connectivity index (χ4n) is 1.00. The quantitative estimate of drug-likeness (QED) is 0.602. The average molecular weight is 210 g/mol. The van der Waals surface area contributed by atoms with Gasteiger partial charge in [-0.3, -0.25) is 0 Å². The van der Waals surface area contributed by atoms with Gasteiger partial charge >= 0.3 is 0 Å². The van der Waals surface area contributed by atoms with E-state index in [0.717, 1.165) is 6.26 Å². The van der Waals surface area contributed by atoms with E-state index in [0.29, 0.717) is 16.3 Å². The molecule has 1 N–H and O–H groups in total. The van der Waals surface area contributed by atoms with Crippen LogP contribution < -0.4 is 4.74 Å². The van der Waals surface area contributed by atoms with Gasteiger partial charge in [0.25, 0.3) is 0 Å². The third-order valence-electron chi connectivity index (χ3n) is 1.71. The van der Waals surface area contributed by atoms with E-state index in [1.165, 1.54) is 7.11 Å². The molecule has 0 radical (unpaired) electrons. The Morgan fingerprint density at radius 2 is 2.36 bits per heavy atom. The van der Waals surface area contributed by atoms with Gasteiger partial charge in [-0.2, -0.15) is 5.26 Å². The van der Waals surface area contributed by atoms with E-state index < -0.39 is 0 Å². The third kappa shape index (κ3) is 1.98. The molecule has 0 fully saturated rings. The van der Waals surface area contributed by atoms with Gasteiger partial charge in [-0.15, -0.1) is 0 Å². The van der Waals surface area contributed by atoms with E-state index in [-0.39, 0.29) is 5.57 Å². The molecule has 0 saturated heterocycles. The largest absolute Gasteiger partial charge is 0.514 e. The summed E-state index contributed by atoms with van der Waals surface area (Å²) in [6, 6.07) is 6.69. The van der Waals surface area contributed by atoms with Crippen LogP contribution in [-0.2, 0) is 0 Å². The number of allylic oxidation sites excluding steroid dienone is 1. The molecule has 72 valence electrons. The minimum absolute atomic E-state index is 0.162. The Morgan fingerprint density at radius 1 is 1.64 bits per heavy atom. The fraction of sp³-hybridized carbons (Fsp3) is 0.100. The van der Waals surface area contributed by atoms with Gasteiger partial charge < -0.3 is 9.84 Å². The zero-order valence-electron chi connectivity index (χ0n) is 7.49. The summed E-state index contributed by atoms with van der Waals surface area (Å²) < 4.78 is 4.95. The molecule has 1 aromatic rings. The summed E-state index contributed by atoms with van der Waals surface area (Å²) in [5.41, 5.74) is 0.718. The molecule has 0 heterocycles. The maximum absolute atomic E-state index is 8.74. The van der Waals surface area contributed by atoms with E-state index in [1.807, 2.05) is 6.07 Å². The van der Waals surface area contributed by atoms with Crippen LogP contribution in [0.25, 0.3) is 5.57 Å². The molecular formula is C10H8ClNO2. The zero-order valence-corrected chi connectivity index (χ0v) is 8.25. The predicted molar refractivity (Wildman–Crippen MR) is 54.2 cm³/mol. The number of aliphatic hydroxyl groups is 1. The normalized spacial score (nSPS) is 10.8. The van der Waals surface area contributed by atoms with Crippen molar-refractivity contribution in [2.45, 2.75) is 0 Å². The van der Waals surface area contributed by atoms with Crippen LogP contribution in [0.15, 0.2) is 24.5 Å². The molecule has 0 atom stereocenters. The van der Waals surface area contributed by atoms with E-state index >= 15 is 0 Å². The van der Waals surface area contributed by atoms with Crippen molar-refractivity contribution < 1.29 is 9.84 Å². The highest BCUT2D eigenvalue weighted by atomic mass is 35.5. The standard InChI is InChI=1S/C10H8ClNO2/c1-14-10-3-2-7(4-9(10)11)8(5-12)6-13/h2-4,6,13H,1H3/b8-6+. The number of hydrogen-bond acceptors (Lipinski definition) is 3. The second-order valence-electron chi connectivity index (χ2n) is 2.50. The summed E-state index contributed by atoms with van der Waals surface area (Å²) in [4.78, 5) is 0. The summed E-state index contributed by atoms with van der Waals surface area (Å²) in [7, 11) is 1.51. The first kappa shape index (κ1) is 10.4. The summed E-state index contributed by atoms with van der Waals surface area (Å²) >= 11 is 5.84. The molecule has 4 heteroatoms. The topological polar surface area (TPSA) is 53.2 Å². The van der Waals surface area contributed by atoms with Crippen molar-refractivity contribution in [1.29, 1.82) is 5.26 Å². The van der Waals surface area contributed by atoms with Crippen molar-refractivity contribution in [3.05, 3.63) is 35.0 Å². The molecule has 0 aromatic heterocycles. The molecule has 0 spiro atoms. The van der Waals surface area contributed by atoms with Gasteiger partial charge in [0.15, 0.2) is 0 Å². The van der Waals surface area contributed by atoms with E-state index in [2.05, 4.69) is 0 Å². The highest BCUT2D eigenvalue weighted by Gasteiger charge is 2.05. The van der Waals surface area contributed by atoms with Crippen LogP contribution in [0.3, 0.4) is 0 Å². The molecule has 0 aliphatic carbocycles. The summed E-state index contributed by atoms with van der Waals surface area (Å²) in [6.07, 6.45) is 0.748. The minimum Gasteiger partial charge on any atom is -0.514 e. The van der Waals surface area contributed by atoms with Gasteiger partial charge in [-0.05, 0) is 23.8 Å². The monoisotopic (exact) mass is 209 g/mol. The Kier molecular flexibility index (Phi) is 3.38. The van der Waals surface area contributed by atoms with Crippen molar-refractivity contribution in [1.82, 2.24) is 0 Å². The lowest BCUT2D eigenvalue weighted by molar-refractivity contribution is 0.415. The molecule has 0 saturated carbocycles. The first-order valence-electron chi connectivity index (χ1n) is 3.81. The lowest BCUT2D eigenvalue weighted by Gasteiger charge is -2.04. The molecular weight excluding hydrogens is 202 g/mol. The van der Waals surface area contributed by atoms with Gasteiger partial charge in [0.2, 0.25) is 0 Å². The van der Waals surface area contributed by atoms with Crippen molar-refractivity contribution in [3.63, 3.8) is 0 Å². The van der Waals surface area contributed by atoms with Crippen LogP contribution in [-0.4, -0.2) is 12.2 Å². The highest BCUT2D eigenvalue weighted by molar-refractivity contribution is 6.32. The number of hydrogen-bond donors (Lipinski definition) is 1. The fourth-order valence-corrected chi connectivity index (χ4v) is 1.26. The highest BCUT2D eigenvalue weighted by Crippen LogP contribution is 2.27. The summed E-state index contributed by atoms with van der Waals surface area (Å²) in [5.74, 6) is 0.533. The minimum atomic E-state index is 0.162. The Morgan fingerprint density at radius 3 is 2.79 bits per heavy atom. The number of methoxy groups -OCH3 is 1. The van der Waals surface area contributed by atoms with Gasteiger partial charge in [0.1, 0.15) is 11.8 Å². The average Bonchev–Trinajstić information content (AvgIpc) is 2.20. The number of nitrogens with zero attached hydrogens (tertiary/aromatic N) is 1. The number of rotatable bonds is 2. The van der Waals surface area contributed by atoms with Crippen LogP contribution in [0.2, 0.25) is 5.02 Å². The van der Waals surface area contributed by atoms with Crippen LogP contribution in [0.1, 0.15) is 5.56 Å². The zero-order chi connectivity index (χ0) is 10.6. The Balaban J connectivity index is 3.16. The van der Waals surface area contributed by atoms with Crippen molar-refractivity contribution in [3.8, 4) is 11.8 Å². The van der Waals surface area contributed by atoms with Crippen LogP contribution in [0.4, 0.5) is 0 Å². The lowest BCUT2D eigenvalue weighted by Crippen LogP contribution is -1.86. The maximum atomic E-state index is 8.74. The van der Waals surface area contributed by atoms with Crippen LogP contribution >= 0.6 is 11.6 Å². The molecule has 14 heavy (non-hydrogen) atoms. The molecule has 0 aliphatic rings. The molecule has 3 nitrogen and oxygen atoms in total. The maximum Gasteiger partial charge on any atom is 0.137 e. The first-order chi connectivity index (χ1) is 6.72. The van der Waals surface area contributed by atoms with Gasteiger partial charge in [-0.25, -0.2) is 0 Å². The Bertz CT molecular complexity index is 407. The van der Waals surface area contributed by atoms with Gasteiger partial charge in [-0.1, -0.05) is 11.6 Å². The molecule has 1 aromatic carbocycles. The third-order valence-corrected chi connectivity index (χ3v) is 2.01. The SMILES string of the molecule is COc1ccc(/C(C#N)=C/O)cc1Cl. The number of ether oxygens (including phenoxy) is 1. The first-order valence-corrected chi connectivity index (χ1v) is 4.19. The second kappa shape index (κ2) is 4.54. The second-order valence-corrected chi connectivity index (χ2v) is 2.91. The summed E-state index contributed by atoms with van der Waals surface area (Å²) in [5, 5.41) is 17.8. The van der Waals surface area contributed by atoms with Gasteiger partial charge in [0.05, 0.1) is 24.0 Å². The van der Waals surface area contributed by atoms with E-state index in [4.69, 9.17) is 26.7 Å². The van der Waals surface area contributed by atoms with Crippen molar-refractivity contribution in [2.75, 3.05) is 7.11 Å². The molecule has 0 bridgehead atoms.